The number of ether oxygens (including phenoxy) is 2. The highest BCUT2D eigenvalue weighted by Gasteiger charge is 2.15. The van der Waals surface area contributed by atoms with Gasteiger partial charge >= 0.3 is 12.2 Å². The zero-order valence-electron chi connectivity index (χ0n) is 12.4. The van der Waals surface area contributed by atoms with Crippen LogP contribution in [0.5, 0.6) is 5.75 Å². The smallest absolute Gasteiger partial charge is 0.444 e. The van der Waals surface area contributed by atoms with E-state index in [-0.39, 0.29) is 18.0 Å². The Bertz CT molecular complexity index is 675. The minimum atomic E-state index is -0.968. The lowest BCUT2D eigenvalue weighted by Crippen LogP contribution is -2.30. The molecule has 2 N–H and O–H groups in total. The second-order valence-electron chi connectivity index (χ2n) is 4.39. The molecule has 0 saturated heterocycles. The van der Waals surface area contributed by atoms with Gasteiger partial charge in [0.15, 0.2) is 0 Å². The average molecular weight is 316 g/mol. The Balaban J connectivity index is 2.02. The number of rotatable bonds is 4. The molecule has 0 unspecified atom stereocenters. The van der Waals surface area contributed by atoms with E-state index in [1.807, 2.05) is 0 Å². The van der Waals surface area contributed by atoms with E-state index in [0.29, 0.717) is 10.8 Å². The molecular formula is C16H16N2O5. The summed E-state index contributed by atoms with van der Waals surface area (Å²) in [6, 6.07) is 14.4. The molecule has 2 rings (SSSR count). The number of anilines is 2. The Morgan fingerprint density at radius 3 is 2.57 bits per heavy atom. The summed E-state index contributed by atoms with van der Waals surface area (Å²) in [5.74, 6) is 0.166. The Morgan fingerprint density at radius 2 is 1.87 bits per heavy atom. The Morgan fingerprint density at radius 1 is 1.13 bits per heavy atom. The molecule has 2 aromatic carbocycles. The first-order valence-corrected chi connectivity index (χ1v) is 6.90. The first-order valence-electron chi connectivity index (χ1n) is 6.90. The Labute approximate surface area is 133 Å². The third kappa shape index (κ3) is 4.72. The predicted molar refractivity (Wildman–Crippen MR) is 83.8 cm³/mol. The van der Waals surface area contributed by atoms with Gasteiger partial charge in [0.05, 0.1) is 12.3 Å². The van der Waals surface area contributed by atoms with Crippen molar-refractivity contribution in [2.24, 2.45) is 0 Å². The molecule has 120 valence electrons. The van der Waals surface area contributed by atoms with E-state index >= 15 is 0 Å². The number of hydrogen-bond acceptors (Lipinski definition) is 5. The zero-order valence-corrected chi connectivity index (χ0v) is 12.4. The van der Waals surface area contributed by atoms with Crippen molar-refractivity contribution in [3.63, 3.8) is 0 Å². The topological polar surface area (TPSA) is 88.1 Å². The highest BCUT2D eigenvalue weighted by Crippen LogP contribution is 2.19. The van der Waals surface area contributed by atoms with Crippen LogP contribution < -0.4 is 15.1 Å². The largest absolute Gasteiger partial charge is 0.450 e. The third-order valence-electron chi connectivity index (χ3n) is 2.73. The molecule has 23 heavy (non-hydrogen) atoms. The molecule has 0 saturated carbocycles. The molecule has 0 aromatic heterocycles. The Hall–Kier alpha value is -3.06. The van der Waals surface area contributed by atoms with E-state index in [1.54, 1.807) is 49.4 Å². The fourth-order valence-electron chi connectivity index (χ4n) is 1.74. The number of carbonyl (C=O) groups excluding carboxylic acids is 2. The molecule has 0 radical (unpaired) electrons. The van der Waals surface area contributed by atoms with E-state index in [9.17, 15) is 14.8 Å². The molecule has 0 aliphatic rings. The molecule has 0 fully saturated rings. The fourth-order valence-corrected chi connectivity index (χ4v) is 1.74. The van der Waals surface area contributed by atoms with Crippen LogP contribution in [0.15, 0.2) is 54.6 Å². The summed E-state index contributed by atoms with van der Waals surface area (Å²) in [5.41, 5.74) is 0.677. The van der Waals surface area contributed by atoms with E-state index in [0.717, 1.165) is 0 Å². The predicted octanol–water partition coefficient (Wildman–Crippen LogP) is 3.65. The van der Waals surface area contributed by atoms with Gasteiger partial charge < -0.3 is 9.47 Å². The summed E-state index contributed by atoms with van der Waals surface area (Å²) in [4.78, 5) is 23.2. The molecule has 0 atom stereocenters. The SMILES string of the molecule is CCOC(=O)Nc1cccc(OC(=O)N(O)c2ccccc2)c1. The van der Waals surface area contributed by atoms with Crippen LogP contribution in [-0.2, 0) is 4.74 Å². The summed E-state index contributed by atoms with van der Waals surface area (Å²) < 4.78 is 9.81. The lowest BCUT2D eigenvalue weighted by atomic mass is 10.3. The summed E-state index contributed by atoms with van der Waals surface area (Å²) in [7, 11) is 0. The van der Waals surface area contributed by atoms with Gasteiger partial charge in [-0.1, -0.05) is 24.3 Å². The number of nitrogens with one attached hydrogen (secondary N) is 1. The van der Waals surface area contributed by atoms with Gasteiger partial charge in [-0.15, -0.1) is 0 Å². The summed E-state index contributed by atoms with van der Waals surface area (Å²) in [6.45, 7) is 1.94. The van der Waals surface area contributed by atoms with Crippen molar-refractivity contribution < 1.29 is 24.3 Å². The highest BCUT2D eigenvalue weighted by molar-refractivity contribution is 5.87. The highest BCUT2D eigenvalue weighted by atomic mass is 16.6. The lowest BCUT2D eigenvalue weighted by Gasteiger charge is -2.15. The van der Waals surface area contributed by atoms with Crippen LogP contribution in [0.3, 0.4) is 0 Å². The first kappa shape index (κ1) is 16.3. The van der Waals surface area contributed by atoms with Crippen molar-refractivity contribution in [3.8, 4) is 5.75 Å². The summed E-state index contributed by atoms with van der Waals surface area (Å²) in [5, 5.41) is 12.7. The quantitative estimate of drug-likeness (QED) is 0.664. The van der Waals surface area contributed by atoms with Crippen LogP contribution in [0, 0.1) is 0 Å². The molecule has 0 aliphatic heterocycles. The van der Waals surface area contributed by atoms with Crippen LogP contribution in [-0.4, -0.2) is 24.0 Å². The first-order chi connectivity index (χ1) is 11.1. The minimum absolute atomic E-state index is 0.166. The molecular weight excluding hydrogens is 300 g/mol. The minimum Gasteiger partial charge on any atom is -0.450 e. The van der Waals surface area contributed by atoms with E-state index in [4.69, 9.17) is 9.47 Å². The molecule has 2 aromatic rings. The van der Waals surface area contributed by atoms with Gasteiger partial charge in [-0.3, -0.25) is 10.5 Å². The number of hydrogen-bond donors (Lipinski definition) is 2. The van der Waals surface area contributed by atoms with E-state index in [2.05, 4.69) is 5.32 Å². The zero-order chi connectivity index (χ0) is 16.7. The van der Waals surface area contributed by atoms with Gasteiger partial charge in [0.1, 0.15) is 5.75 Å². The number of carbonyl (C=O) groups is 2. The number of amides is 2. The van der Waals surface area contributed by atoms with E-state index < -0.39 is 12.2 Å². The number of hydroxylamine groups is 1. The maximum atomic E-state index is 11.9. The fraction of sp³-hybridized carbons (Fsp3) is 0.125. The van der Waals surface area contributed by atoms with Gasteiger partial charge in [0, 0.05) is 11.8 Å². The molecule has 7 nitrogen and oxygen atoms in total. The van der Waals surface area contributed by atoms with Crippen molar-refractivity contribution in [2.75, 3.05) is 17.0 Å². The van der Waals surface area contributed by atoms with Gasteiger partial charge in [-0.05, 0) is 31.2 Å². The van der Waals surface area contributed by atoms with E-state index in [1.165, 1.54) is 12.1 Å². The van der Waals surface area contributed by atoms with Crippen molar-refractivity contribution in [1.82, 2.24) is 0 Å². The normalized spacial score (nSPS) is 9.83. The average Bonchev–Trinajstić information content (AvgIpc) is 2.55. The molecule has 7 heteroatoms. The number of nitrogens with zero attached hydrogens (tertiary/aromatic N) is 1. The van der Waals surface area contributed by atoms with Gasteiger partial charge in [0.2, 0.25) is 0 Å². The summed E-state index contributed by atoms with van der Waals surface area (Å²) >= 11 is 0. The van der Waals surface area contributed by atoms with Gasteiger partial charge in [0.25, 0.3) is 0 Å². The van der Waals surface area contributed by atoms with Crippen molar-refractivity contribution in [1.29, 1.82) is 0 Å². The molecule has 0 aliphatic carbocycles. The Kier molecular flexibility index (Phi) is 5.54. The van der Waals surface area contributed by atoms with Crippen LogP contribution in [0.1, 0.15) is 6.92 Å². The van der Waals surface area contributed by atoms with Gasteiger partial charge in [-0.25, -0.2) is 9.59 Å². The van der Waals surface area contributed by atoms with Gasteiger partial charge in [-0.2, -0.15) is 5.06 Å². The number of para-hydroxylation sites is 1. The standard InChI is InChI=1S/C16H16N2O5/c1-2-22-15(19)17-12-7-6-10-14(11-12)23-16(20)18(21)13-8-4-3-5-9-13/h3-11,21H,2H2,1H3,(H,17,19). The second-order valence-corrected chi connectivity index (χ2v) is 4.39. The van der Waals surface area contributed by atoms with Crippen LogP contribution in [0.25, 0.3) is 0 Å². The maximum Gasteiger partial charge on any atom is 0.444 e. The molecule has 2 amide bonds. The van der Waals surface area contributed by atoms with Crippen LogP contribution in [0.4, 0.5) is 21.0 Å². The lowest BCUT2D eigenvalue weighted by molar-refractivity contribution is 0.166. The molecule has 0 bridgehead atoms. The van der Waals surface area contributed by atoms with Crippen molar-refractivity contribution in [2.45, 2.75) is 6.92 Å². The van der Waals surface area contributed by atoms with Crippen molar-refractivity contribution in [3.05, 3.63) is 54.6 Å². The van der Waals surface area contributed by atoms with Crippen molar-refractivity contribution >= 4 is 23.6 Å². The second kappa shape index (κ2) is 7.81. The number of benzene rings is 2. The monoisotopic (exact) mass is 316 g/mol. The molecule has 0 spiro atoms. The maximum absolute atomic E-state index is 11.9. The van der Waals surface area contributed by atoms with Crippen LogP contribution in [0.2, 0.25) is 0 Å². The summed E-state index contributed by atoms with van der Waals surface area (Å²) in [6.07, 6.45) is -1.58. The van der Waals surface area contributed by atoms with Crippen LogP contribution >= 0.6 is 0 Å². The third-order valence-corrected chi connectivity index (χ3v) is 2.73. The molecule has 0 heterocycles.